The summed E-state index contributed by atoms with van der Waals surface area (Å²) in [5.41, 5.74) is 0.544. The number of amides is 1. The molecule has 1 saturated heterocycles. The molecule has 2 rings (SSSR count). The van der Waals surface area contributed by atoms with Crippen molar-refractivity contribution in [1.82, 2.24) is 5.32 Å². The molecule has 1 N–H and O–H groups in total. The molecular formula is C14H19FN2O2. The number of methoxy groups -OCH3 is 1. The Kier molecular flexibility index (Phi) is 4.04. The van der Waals surface area contributed by atoms with Gasteiger partial charge in [-0.3, -0.25) is 4.79 Å². The smallest absolute Gasteiger partial charge is 0.229 e. The molecule has 1 fully saturated rings. The second-order valence-electron chi connectivity index (χ2n) is 4.92. The van der Waals surface area contributed by atoms with Crippen LogP contribution in [-0.4, -0.2) is 33.2 Å². The summed E-state index contributed by atoms with van der Waals surface area (Å²) in [6.45, 7) is 3.67. The number of carbonyl (C=O) groups is 1. The minimum absolute atomic E-state index is 0.0102. The zero-order chi connectivity index (χ0) is 14.0. The van der Waals surface area contributed by atoms with E-state index in [-0.39, 0.29) is 17.6 Å². The number of benzene rings is 1. The molecule has 5 heteroatoms. The molecule has 0 bridgehead atoms. The Morgan fingerprint density at radius 2 is 2.21 bits per heavy atom. The number of nitrogens with zero attached hydrogens (tertiary/aromatic N) is 1. The van der Waals surface area contributed by atoms with Crippen LogP contribution in [0.2, 0.25) is 0 Å². The van der Waals surface area contributed by atoms with Crippen LogP contribution in [0.25, 0.3) is 0 Å². The average molecular weight is 266 g/mol. The van der Waals surface area contributed by atoms with Crippen LogP contribution in [0.4, 0.5) is 10.1 Å². The Morgan fingerprint density at radius 1 is 1.53 bits per heavy atom. The van der Waals surface area contributed by atoms with E-state index < -0.39 is 5.82 Å². The maximum Gasteiger partial charge on any atom is 0.229 e. The average Bonchev–Trinajstić information content (AvgIpc) is 2.34. The number of nitrogens with one attached hydrogen (secondary N) is 1. The van der Waals surface area contributed by atoms with Gasteiger partial charge in [0.05, 0.1) is 7.11 Å². The Hall–Kier alpha value is -1.62. The topological polar surface area (TPSA) is 41.6 Å². The van der Waals surface area contributed by atoms with Gasteiger partial charge in [-0.05, 0) is 31.1 Å². The van der Waals surface area contributed by atoms with Gasteiger partial charge in [0, 0.05) is 24.7 Å². The summed E-state index contributed by atoms with van der Waals surface area (Å²) in [6.07, 6.45) is 0. The van der Waals surface area contributed by atoms with E-state index in [0.717, 1.165) is 13.1 Å². The first-order chi connectivity index (χ1) is 9.04. The maximum atomic E-state index is 13.6. The predicted octanol–water partition coefficient (Wildman–Crippen LogP) is 1.65. The first-order valence-corrected chi connectivity index (χ1v) is 6.36. The van der Waals surface area contributed by atoms with Crippen molar-refractivity contribution in [3.05, 3.63) is 24.0 Å². The molecule has 1 aliphatic rings. The second-order valence-corrected chi connectivity index (χ2v) is 4.92. The maximum absolute atomic E-state index is 13.6. The fourth-order valence-corrected chi connectivity index (χ4v) is 2.16. The van der Waals surface area contributed by atoms with Crippen molar-refractivity contribution in [1.29, 1.82) is 0 Å². The first-order valence-electron chi connectivity index (χ1n) is 6.36. The van der Waals surface area contributed by atoms with Crippen LogP contribution in [0.1, 0.15) is 6.92 Å². The van der Waals surface area contributed by atoms with Crippen molar-refractivity contribution in [3.8, 4) is 5.75 Å². The monoisotopic (exact) mass is 266 g/mol. The van der Waals surface area contributed by atoms with Gasteiger partial charge in [-0.15, -0.1) is 0 Å². The largest absolute Gasteiger partial charge is 0.494 e. The normalized spacial score (nSPS) is 16.6. The van der Waals surface area contributed by atoms with E-state index in [1.807, 2.05) is 6.92 Å². The molecule has 19 heavy (non-hydrogen) atoms. The van der Waals surface area contributed by atoms with Crippen LogP contribution < -0.4 is 15.0 Å². The molecule has 4 nitrogen and oxygen atoms in total. The highest BCUT2D eigenvalue weighted by molar-refractivity contribution is 5.94. The fourth-order valence-electron chi connectivity index (χ4n) is 2.16. The van der Waals surface area contributed by atoms with Gasteiger partial charge < -0.3 is 15.0 Å². The number of anilines is 1. The summed E-state index contributed by atoms with van der Waals surface area (Å²) >= 11 is 0. The lowest BCUT2D eigenvalue weighted by atomic mass is 9.88. The Morgan fingerprint density at radius 3 is 2.68 bits per heavy atom. The van der Waals surface area contributed by atoms with Crippen molar-refractivity contribution in [3.63, 3.8) is 0 Å². The number of hydrogen-bond donors (Lipinski definition) is 1. The first kappa shape index (κ1) is 13.8. The molecular weight excluding hydrogens is 247 g/mol. The van der Waals surface area contributed by atoms with Crippen molar-refractivity contribution < 1.29 is 13.9 Å². The number of carbonyl (C=O) groups excluding carboxylic acids is 1. The Bertz CT molecular complexity index is 475. The summed E-state index contributed by atoms with van der Waals surface area (Å²) in [4.78, 5) is 13.8. The van der Waals surface area contributed by atoms with Gasteiger partial charge in [0.15, 0.2) is 11.6 Å². The van der Waals surface area contributed by atoms with Crippen LogP contribution in [-0.2, 0) is 4.79 Å². The van der Waals surface area contributed by atoms with E-state index in [4.69, 9.17) is 4.74 Å². The fraction of sp³-hybridized carbons (Fsp3) is 0.500. The van der Waals surface area contributed by atoms with Crippen LogP contribution >= 0.6 is 0 Å². The highest BCUT2D eigenvalue weighted by Crippen LogP contribution is 2.25. The molecule has 0 aromatic heterocycles. The molecule has 1 aromatic rings. The third-order valence-corrected chi connectivity index (χ3v) is 3.76. The van der Waals surface area contributed by atoms with E-state index in [9.17, 15) is 9.18 Å². The lowest BCUT2D eigenvalue weighted by Crippen LogP contribution is -2.50. The molecule has 0 spiro atoms. The van der Waals surface area contributed by atoms with Gasteiger partial charge in [-0.1, -0.05) is 6.92 Å². The molecule has 0 saturated carbocycles. The zero-order valence-corrected chi connectivity index (χ0v) is 11.4. The third kappa shape index (κ3) is 2.71. The Labute approximate surface area is 112 Å². The molecule has 0 aliphatic carbocycles. The molecule has 0 radical (unpaired) electrons. The van der Waals surface area contributed by atoms with Gasteiger partial charge >= 0.3 is 0 Å². The predicted molar refractivity (Wildman–Crippen MR) is 71.9 cm³/mol. The van der Waals surface area contributed by atoms with Gasteiger partial charge in [-0.2, -0.15) is 0 Å². The molecule has 1 aliphatic heterocycles. The quantitative estimate of drug-likeness (QED) is 0.901. The summed E-state index contributed by atoms with van der Waals surface area (Å²) < 4.78 is 18.5. The number of hydrogen-bond acceptors (Lipinski definition) is 3. The van der Waals surface area contributed by atoms with Crippen LogP contribution in [0, 0.1) is 17.7 Å². The standard InChI is InChI=1S/C14H19FN2O2/c1-9(10-7-16-8-10)14(18)17(2)11-4-5-13(19-3)12(15)6-11/h4-6,9-10,16H,7-8H2,1-3H3. The van der Waals surface area contributed by atoms with E-state index in [0.29, 0.717) is 11.6 Å². The molecule has 1 amide bonds. The lowest BCUT2D eigenvalue weighted by molar-refractivity contribution is -0.123. The third-order valence-electron chi connectivity index (χ3n) is 3.76. The zero-order valence-electron chi connectivity index (χ0n) is 11.4. The summed E-state index contributed by atoms with van der Waals surface area (Å²) in [6, 6.07) is 4.54. The highest BCUT2D eigenvalue weighted by atomic mass is 19.1. The Balaban J connectivity index is 2.11. The minimum atomic E-state index is -0.461. The molecule has 1 heterocycles. The van der Waals surface area contributed by atoms with Gasteiger partial charge in [-0.25, -0.2) is 4.39 Å². The number of ether oxygens (including phenoxy) is 1. The van der Waals surface area contributed by atoms with Crippen LogP contribution in [0.5, 0.6) is 5.75 Å². The lowest BCUT2D eigenvalue weighted by Gasteiger charge is -2.34. The van der Waals surface area contributed by atoms with Gasteiger partial charge in [0.25, 0.3) is 0 Å². The van der Waals surface area contributed by atoms with Gasteiger partial charge in [0.1, 0.15) is 0 Å². The number of halogens is 1. The molecule has 1 unspecified atom stereocenters. The number of rotatable bonds is 4. The van der Waals surface area contributed by atoms with Crippen LogP contribution in [0.15, 0.2) is 18.2 Å². The molecule has 1 aromatic carbocycles. The van der Waals surface area contributed by atoms with E-state index in [1.165, 1.54) is 24.1 Å². The minimum Gasteiger partial charge on any atom is -0.494 e. The van der Waals surface area contributed by atoms with Crippen LogP contribution in [0.3, 0.4) is 0 Å². The summed E-state index contributed by atoms with van der Waals surface area (Å²) in [7, 11) is 3.09. The van der Waals surface area contributed by atoms with E-state index in [1.54, 1.807) is 13.1 Å². The second kappa shape index (κ2) is 5.57. The van der Waals surface area contributed by atoms with Crippen molar-refractivity contribution in [2.45, 2.75) is 6.92 Å². The van der Waals surface area contributed by atoms with Crippen molar-refractivity contribution in [2.75, 3.05) is 32.1 Å². The highest BCUT2D eigenvalue weighted by Gasteiger charge is 2.31. The van der Waals surface area contributed by atoms with E-state index >= 15 is 0 Å². The van der Waals surface area contributed by atoms with Crippen molar-refractivity contribution in [2.24, 2.45) is 11.8 Å². The summed E-state index contributed by atoms with van der Waals surface area (Å²) in [5.74, 6) is 0.0454. The molecule has 1 atom stereocenters. The van der Waals surface area contributed by atoms with Gasteiger partial charge in [0.2, 0.25) is 5.91 Å². The van der Waals surface area contributed by atoms with E-state index in [2.05, 4.69) is 5.32 Å². The SMILES string of the molecule is COc1ccc(N(C)C(=O)C(C)C2CNC2)cc1F. The van der Waals surface area contributed by atoms with Crippen molar-refractivity contribution >= 4 is 11.6 Å². The molecule has 104 valence electrons. The summed E-state index contributed by atoms with van der Waals surface area (Å²) in [5, 5.41) is 3.15.